The fourth-order valence-corrected chi connectivity index (χ4v) is 13.3. The second-order valence-corrected chi connectivity index (χ2v) is 35.0. The van der Waals surface area contributed by atoms with Crippen molar-refractivity contribution < 1.29 is 39.5 Å². The van der Waals surface area contributed by atoms with Gasteiger partial charge in [-0.05, 0) is 216 Å². The van der Waals surface area contributed by atoms with Gasteiger partial charge in [0.2, 0.25) is 0 Å². The van der Waals surface area contributed by atoms with Gasteiger partial charge in [-0.3, -0.25) is 0 Å². The summed E-state index contributed by atoms with van der Waals surface area (Å²) in [5.74, 6) is 2.91. The lowest BCUT2D eigenvalue weighted by Crippen LogP contribution is -2.38. The highest BCUT2D eigenvalue weighted by Gasteiger charge is 2.41. The number of halogens is 9. The van der Waals surface area contributed by atoms with Crippen LogP contribution in [-0.2, 0) is 0 Å². The van der Waals surface area contributed by atoms with Crippen LogP contribution in [0.15, 0.2) is 0 Å². The van der Waals surface area contributed by atoms with Crippen LogP contribution in [0.25, 0.3) is 0 Å². The topological polar surface area (TPSA) is 0 Å². The maximum Gasteiger partial charge on any atom is 0.113 e. The first-order chi connectivity index (χ1) is 43.8. The molecule has 0 aliphatic carbocycles. The van der Waals surface area contributed by atoms with Gasteiger partial charge in [0, 0.05) is 5.41 Å². The molecular weight excluding hydrogens is 1240 g/mol. The SMILES string of the molecule is CC(C)C(C(C)C)C(C)(C)F.CCC(C)(CC)C(C)(C)C.CCC(C)(CC)[C@@](C)(F)CC.CCC(C)(F)CC.CCC(C)[C@@](C)(F)CC.CCC(CC)[C@@](C)(F)CC.CCCC(C)(F)CCC.CCC[C@](C)(F)C(CC)CC.CC[C@](C)(F)C(C(C)C)C(C)C.CC[C@](C)(F)C(C)C. The van der Waals surface area contributed by atoms with Crippen LogP contribution in [0, 0.1) is 75.4 Å². The van der Waals surface area contributed by atoms with E-state index < -0.39 is 51.0 Å². The molecule has 1 unspecified atom stereocenters. The van der Waals surface area contributed by atoms with Gasteiger partial charge in [0.15, 0.2) is 0 Å². The molecule has 0 aromatic heterocycles. The van der Waals surface area contributed by atoms with Crippen LogP contribution >= 0.6 is 0 Å². The molecule has 608 valence electrons. The molecular formula is C89H189F9. The second kappa shape index (κ2) is 57.6. The molecule has 0 nitrogen and oxygen atoms in total. The van der Waals surface area contributed by atoms with E-state index in [2.05, 4.69) is 138 Å². The highest BCUT2D eigenvalue weighted by Crippen LogP contribution is 2.45. The first kappa shape index (κ1) is 118. The number of hydrogen-bond acceptors (Lipinski definition) is 0. The predicted molar refractivity (Wildman–Crippen MR) is 434 cm³/mol. The third-order valence-electron chi connectivity index (χ3n) is 24.3. The van der Waals surface area contributed by atoms with Crippen molar-refractivity contribution in [2.75, 3.05) is 0 Å². The van der Waals surface area contributed by atoms with Crippen molar-refractivity contribution in [1.82, 2.24) is 0 Å². The van der Waals surface area contributed by atoms with Gasteiger partial charge < -0.3 is 0 Å². The van der Waals surface area contributed by atoms with E-state index in [4.69, 9.17) is 0 Å². The Morgan fingerprint density at radius 1 is 0.245 bits per heavy atom. The van der Waals surface area contributed by atoms with Gasteiger partial charge in [0.05, 0.1) is 0 Å². The summed E-state index contributed by atoms with van der Waals surface area (Å²) in [6.07, 6.45) is 18.5. The highest BCUT2D eigenvalue weighted by molar-refractivity contribution is 4.91. The minimum atomic E-state index is -1.04. The first-order valence-electron chi connectivity index (χ1n) is 41.0. The third kappa shape index (κ3) is 54.9. The fourth-order valence-electron chi connectivity index (χ4n) is 13.3. The molecule has 98 heavy (non-hydrogen) atoms. The van der Waals surface area contributed by atoms with Crippen LogP contribution in [0.1, 0.15) is 453 Å². The van der Waals surface area contributed by atoms with Crippen molar-refractivity contribution in [2.45, 2.75) is 504 Å². The molecule has 9 heteroatoms. The molecule has 0 fully saturated rings. The lowest BCUT2D eigenvalue weighted by molar-refractivity contribution is 0.00941. The third-order valence-corrected chi connectivity index (χ3v) is 24.3. The fraction of sp³-hybridized carbons (Fsp3) is 1.00. The van der Waals surface area contributed by atoms with Crippen molar-refractivity contribution in [1.29, 1.82) is 0 Å². The van der Waals surface area contributed by atoms with Crippen LogP contribution in [0.5, 0.6) is 0 Å². The molecule has 7 atom stereocenters. The van der Waals surface area contributed by atoms with E-state index in [-0.39, 0.29) is 40.9 Å². The quantitative estimate of drug-likeness (QED) is 0.0575. The van der Waals surface area contributed by atoms with Crippen molar-refractivity contribution >= 4 is 0 Å². The Bertz CT molecular complexity index is 1650. The monoisotopic (exact) mass is 1430 g/mol. The number of alkyl halides is 9. The number of rotatable bonds is 33. The maximum atomic E-state index is 14.0. The van der Waals surface area contributed by atoms with Gasteiger partial charge in [0.1, 0.15) is 51.0 Å². The highest BCUT2D eigenvalue weighted by atomic mass is 19.2. The van der Waals surface area contributed by atoms with Crippen molar-refractivity contribution in [2.24, 2.45) is 75.4 Å². The molecule has 0 aromatic rings. The predicted octanol–water partition coefficient (Wildman–Crippen LogP) is 34.8. The van der Waals surface area contributed by atoms with Crippen LogP contribution in [-0.4, -0.2) is 51.0 Å². The average Bonchev–Trinajstić information content (AvgIpc) is 0.854. The Morgan fingerprint density at radius 3 is 0.612 bits per heavy atom. The summed E-state index contributed by atoms with van der Waals surface area (Å²) in [5.41, 5.74) is -7.80. The molecule has 0 aromatic carbocycles. The van der Waals surface area contributed by atoms with E-state index in [1.54, 1.807) is 69.2 Å². The molecule has 0 rings (SSSR count). The maximum absolute atomic E-state index is 14.0. The first-order valence-corrected chi connectivity index (χ1v) is 41.0. The largest absolute Gasteiger partial charge is 0.244 e. The molecule has 0 aliphatic rings. The smallest absolute Gasteiger partial charge is 0.113 e. The summed E-state index contributed by atoms with van der Waals surface area (Å²) in [6, 6.07) is 0. The van der Waals surface area contributed by atoms with Crippen LogP contribution in [0.4, 0.5) is 39.5 Å². The van der Waals surface area contributed by atoms with Gasteiger partial charge in [-0.25, -0.2) is 39.5 Å². The number of hydrogen-bond donors (Lipinski definition) is 0. The van der Waals surface area contributed by atoms with Gasteiger partial charge in [-0.2, -0.15) is 0 Å². The van der Waals surface area contributed by atoms with Gasteiger partial charge in [-0.1, -0.05) is 307 Å². The van der Waals surface area contributed by atoms with E-state index in [1.807, 2.05) is 104 Å². The zero-order chi connectivity index (χ0) is 81.3. The minimum Gasteiger partial charge on any atom is -0.244 e. The summed E-state index contributed by atoms with van der Waals surface area (Å²) in [5, 5.41) is 0. The second-order valence-electron chi connectivity index (χ2n) is 35.0. The Morgan fingerprint density at radius 2 is 0.520 bits per heavy atom. The molecule has 0 amide bonds. The van der Waals surface area contributed by atoms with Crippen molar-refractivity contribution in [3.05, 3.63) is 0 Å². The van der Waals surface area contributed by atoms with E-state index in [9.17, 15) is 39.5 Å². The zero-order valence-electron chi connectivity index (χ0n) is 75.7. The Labute approximate surface area is 615 Å². The summed E-state index contributed by atoms with van der Waals surface area (Å²) in [7, 11) is 0. The van der Waals surface area contributed by atoms with E-state index in [0.29, 0.717) is 98.7 Å². The van der Waals surface area contributed by atoms with Crippen LogP contribution in [0.2, 0.25) is 0 Å². The van der Waals surface area contributed by atoms with Crippen molar-refractivity contribution in [3.63, 3.8) is 0 Å². The van der Waals surface area contributed by atoms with Gasteiger partial charge in [-0.15, -0.1) is 0 Å². The van der Waals surface area contributed by atoms with Gasteiger partial charge >= 0.3 is 0 Å². The van der Waals surface area contributed by atoms with Crippen molar-refractivity contribution in [3.8, 4) is 0 Å². The van der Waals surface area contributed by atoms with Crippen LogP contribution in [0.3, 0.4) is 0 Å². The standard InChI is InChI=1S/C11H23F.3C10H21F.C10H22.C9H19F.2C8H17F.C7H15F.C6H13F/c1-7-11(6,12)10(8(2)3)9(4)5;1-7(2)9(8(3)4)10(5,6)11;1-6-9(4,7-2)10(5,11)8-3;1-5-8-10(4,11)9(6-2)7-3;1-7-10(6,8-2)9(3,4)5;1-5-8(6-2)9(4,10)7-3;1-5-7(3)8(4,9)6-2;1-4-6-8(3,9)7-5-2;1-5-7(4,8)6(2)3;1-4-6(3,7)5-2/h8-10H,7H2,1-6H3;7-9H,1-6H3;6-8H2,1-5H3;9H,5-8H2,1-4H3;7-8H2,1-6H3;8H,5-7H2,1-4H3;7H,5-6H2,1-4H3;4-7H2,1-3H3;6H,5H2,1-4H3;4-5H2,1-3H3/t11-;;2*10-;;9-;7?,8-;;7-;/m0.00.00.0./s1. The Kier molecular flexibility index (Phi) is 69.6. The lowest BCUT2D eigenvalue weighted by Gasteiger charge is -2.40. The summed E-state index contributed by atoms with van der Waals surface area (Å²) >= 11 is 0. The molecule has 0 radical (unpaired) electrons. The van der Waals surface area contributed by atoms with Crippen LogP contribution < -0.4 is 0 Å². The molecule has 0 saturated carbocycles. The molecule has 0 spiro atoms. The molecule has 0 N–H and O–H groups in total. The summed E-state index contributed by atoms with van der Waals surface area (Å²) in [6.45, 7) is 89.3. The van der Waals surface area contributed by atoms with E-state index in [1.165, 1.54) is 12.8 Å². The van der Waals surface area contributed by atoms with E-state index >= 15 is 0 Å². The zero-order valence-corrected chi connectivity index (χ0v) is 75.7. The summed E-state index contributed by atoms with van der Waals surface area (Å²) < 4.78 is 120. The Balaban J connectivity index is -0.000000110. The molecule has 0 bridgehead atoms. The molecule has 0 aliphatic heterocycles. The van der Waals surface area contributed by atoms with Gasteiger partial charge in [0.25, 0.3) is 0 Å². The Hall–Kier alpha value is -0.630. The average molecular weight is 1430 g/mol. The van der Waals surface area contributed by atoms with E-state index in [0.717, 1.165) is 64.2 Å². The molecule has 0 heterocycles. The molecule has 0 saturated heterocycles. The minimum absolute atomic E-state index is 0.137. The summed E-state index contributed by atoms with van der Waals surface area (Å²) in [4.78, 5) is 0. The normalized spacial score (nSPS) is 16.2. The lowest BCUT2D eigenvalue weighted by atomic mass is 9.65.